The van der Waals surface area contributed by atoms with Gasteiger partial charge in [0.2, 0.25) is 0 Å². The highest BCUT2D eigenvalue weighted by molar-refractivity contribution is 6.18. The molecule has 1 heterocycles. The van der Waals surface area contributed by atoms with E-state index in [1.54, 1.807) is 6.08 Å². The first-order valence-electron chi connectivity index (χ1n) is 18.4. The van der Waals surface area contributed by atoms with Crippen molar-refractivity contribution in [1.29, 1.82) is 0 Å². The van der Waals surface area contributed by atoms with Crippen molar-refractivity contribution in [3.8, 4) is 11.1 Å². The maximum atomic E-state index is 13.6. The summed E-state index contributed by atoms with van der Waals surface area (Å²) < 4.78 is 0. The molecule has 1 aromatic carbocycles. The Labute approximate surface area is 295 Å². The molecular weight excluding hydrogens is 611 g/mol. The summed E-state index contributed by atoms with van der Waals surface area (Å²) in [6, 6.07) is 10.3. The Morgan fingerprint density at radius 2 is 1.84 bits per heavy atom. The molecule has 9 rings (SSSR count). The lowest BCUT2D eigenvalue weighted by molar-refractivity contribution is 0.0948. The van der Waals surface area contributed by atoms with Gasteiger partial charge in [0.05, 0.1) is 0 Å². The molecule has 2 atom stereocenters. The summed E-state index contributed by atoms with van der Waals surface area (Å²) in [5.41, 5.74) is 22.2. The lowest BCUT2D eigenvalue weighted by Crippen LogP contribution is -2.36. The van der Waals surface area contributed by atoms with Gasteiger partial charge in [-0.3, -0.25) is 9.59 Å². The van der Waals surface area contributed by atoms with Crippen LogP contribution in [0.15, 0.2) is 125 Å². The van der Waals surface area contributed by atoms with Gasteiger partial charge in [0.1, 0.15) is 0 Å². The van der Waals surface area contributed by atoms with Crippen molar-refractivity contribution in [2.75, 3.05) is 19.6 Å². The number of rotatable bonds is 10. The fourth-order valence-electron chi connectivity index (χ4n) is 9.17. The zero-order chi connectivity index (χ0) is 34.3. The van der Waals surface area contributed by atoms with Crippen LogP contribution in [0, 0.1) is 23.2 Å². The Bertz CT molecular complexity index is 2240. The first kappa shape index (κ1) is 31.2. The fraction of sp³-hybridized carbons (Fsp3) is 0.319. The van der Waals surface area contributed by atoms with Gasteiger partial charge in [-0.05, 0) is 119 Å². The van der Waals surface area contributed by atoms with Gasteiger partial charge in [-0.2, -0.15) is 0 Å². The van der Waals surface area contributed by atoms with E-state index < -0.39 is 0 Å². The van der Waals surface area contributed by atoms with Crippen molar-refractivity contribution < 1.29 is 9.59 Å². The number of benzene rings is 2. The highest BCUT2D eigenvalue weighted by Gasteiger charge is 2.38. The van der Waals surface area contributed by atoms with Crippen LogP contribution in [0.25, 0.3) is 22.3 Å². The molecule has 1 saturated heterocycles. The maximum Gasteiger partial charge on any atom is 0.193 e. The number of hydrogen-bond donors (Lipinski definition) is 0. The van der Waals surface area contributed by atoms with E-state index in [0.717, 1.165) is 42.7 Å². The van der Waals surface area contributed by atoms with Crippen LogP contribution in [0.3, 0.4) is 0 Å². The molecule has 248 valence electrons. The molecule has 50 heavy (non-hydrogen) atoms. The van der Waals surface area contributed by atoms with Gasteiger partial charge < -0.3 is 4.90 Å². The second kappa shape index (κ2) is 11.6. The number of likely N-dealkylation sites (tertiary alicyclic amines) is 1. The minimum absolute atomic E-state index is 0.0650. The quantitative estimate of drug-likeness (QED) is 0.0946. The molecule has 0 aromatic heterocycles. The lowest BCUT2D eigenvalue weighted by atomic mass is 9.72. The molecular formula is C47H43NO2. The summed E-state index contributed by atoms with van der Waals surface area (Å²) in [4.78, 5) is 29.3. The first-order valence-corrected chi connectivity index (χ1v) is 18.4. The Kier molecular flexibility index (Phi) is 7.27. The van der Waals surface area contributed by atoms with Gasteiger partial charge in [-0.15, -0.1) is 0 Å². The number of carbonyl (C=O) groups is 2. The van der Waals surface area contributed by atoms with Crippen LogP contribution in [-0.2, 0) is 6.42 Å². The molecule has 0 bridgehead atoms. The summed E-state index contributed by atoms with van der Waals surface area (Å²) >= 11 is 0. The molecule has 2 unspecified atom stereocenters. The summed E-state index contributed by atoms with van der Waals surface area (Å²) in [6.45, 7) is 13.9. The van der Waals surface area contributed by atoms with Crippen LogP contribution < -0.4 is 0 Å². The predicted octanol–water partition coefficient (Wildman–Crippen LogP) is 10.0. The Hall–Kier alpha value is -4.78. The predicted molar refractivity (Wildman–Crippen MR) is 203 cm³/mol. The average Bonchev–Trinajstić information content (AvgIpc) is 3.38. The van der Waals surface area contributed by atoms with E-state index in [1.807, 2.05) is 24.3 Å². The standard InChI is InChI=1S/C47H43NO2/c1-5-30(46(50)42-26-34-11-13-36(34)42)6-7-31-8-9-32(28(31)2)24-29-18-21-48(22-19-29)23-20-38-37(41-25-33-10-12-35(33)41)14-15-40-44(49)27-47(3,4)43-17-16-39(43)45(38)40/h5-9,11,13-17,25-26,28-29,32H,1,18-24,27H2,2-4H3/b30-6+,31-7-. The summed E-state index contributed by atoms with van der Waals surface area (Å²) in [7, 11) is 0. The van der Waals surface area contributed by atoms with Crippen molar-refractivity contribution in [2.24, 2.45) is 23.2 Å². The van der Waals surface area contributed by atoms with Gasteiger partial charge in [0, 0.05) is 46.4 Å². The zero-order valence-electron chi connectivity index (χ0n) is 29.4. The highest BCUT2D eigenvalue weighted by atomic mass is 16.1. The van der Waals surface area contributed by atoms with E-state index in [0.29, 0.717) is 29.7 Å². The molecule has 3 nitrogen and oxygen atoms in total. The molecule has 0 spiro atoms. The molecule has 0 N–H and O–H groups in total. The minimum Gasteiger partial charge on any atom is -0.303 e. The third-order valence-electron chi connectivity index (χ3n) is 12.6. The van der Waals surface area contributed by atoms with Crippen LogP contribution in [0.4, 0.5) is 0 Å². The molecule has 0 radical (unpaired) electrons. The van der Waals surface area contributed by atoms with E-state index in [9.17, 15) is 9.59 Å². The number of fused-ring (bicyclic) bond motifs is 4. The molecule has 1 aliphatic heterocycles. The third kappa shape index (κ3) is 4.91. The topological polar surface area (TPSA) is 37.4 Å². The monoisotopic (exact) mass is 653 g/mol. The number of ketones is 2. The maximum absolute atomic E-state index is 13.6. The van der Waals surface area contributed by atoms with Crippen molar-refractivity contribution in [3.63, 3.8) is 0 Å². The molecule has 7 aliphatic carbocycles. The number of carbonyl (C=O) groups excluding carboxylic acids is 2. The average molecular weight is 654 g/mol. The second-order valence-corrected chi connectivity index (χ2v) is 15.9. The molecule has 8 aliphatic rings. The van der Waals surface area contributed by atoms with Gasteiger partial charge in [0.15, 0.2) is 11.6 Å². The van der Waals surface area contributed by atoms with Gasteiger partial charge in [-0.25, -0.2) is 0 Å². The second-order valence-electron chi connectivity index (χ2n) is 15.9. The lowest BCUT2D eigenvalue weighted by Gasteiger charge is -2.34. The number of nitrogens with zero attached hydrogens (tertiary/aromatic N) is 1. The summed E-state index contributed by atoms with van der Waals surface area (Å²) in [6.07, 6.45) is 22.2. The van der Waals surface area contributed by atoms with E-state index >= 15 is 0 Å². The molecule has 3 heteroatoms. The Balaban J connectivity index is 0.854. The van der Waals surface area contributed by atoms with Crippen molar-refractivity contribution in [3.05, 3.63) is 153 Å². The minimum atomic E-state index is -0.152. The van der Waals surface area contributed by atoms with E-state index in [2.05, 4.69) is 92.3 Å². The number of allylic oxidation sites excluding steroid dienone is 15. The molecule has 1 fully saturated rings. The summed E-state index contributed by atoms with van der Waals surface area (Å²) in [5.74, 6) is 2.01. The molecule has 0 amide bonds. The van der Waals surface area contributed by atoms with Crippen LogP contribution in [-0.4, -0.2) is 36.1 Å². The van der Waals surface area contributed by atoms with Crippen molar-refractivity contribution in [2.45, 2.75) is 52.9 Å². The SMILES string of the molecule is C=C/C(=C\C=C1\C=CC(CC2CCN(CCc3c(C4=CC5=C=C=C54)ccc4c3C3=C(C=C3)C(C)(C)CC4=O)CC2)C1C)C(=O)c1cc2ccc1-2. The van der Waals surface area contributed by atoms with Crippen LogP contribution >= 0.6 is 0 Å². The van der Waals surface area contributed by atoms with Gasteiger partial charge in [0.25, 0.3) is 0 Å². The fourth-order valence-corrected chi connectivity index (χ4v) is 9.17. The van der Waals surface area contributed by atoms with Crippen LogP contribution in [0.1, 0.15) is 83.9 Å². The first-order chi connectivity index (χ1) is 24.2. The smallest absolute Gasteiger partial charge is 0.193 e. The third-order valence-corrected chi connectivity index (χ3v) is 12.6. The van der Waals surface area contributed by atoms with E-state index in [1.165, 1.54) is 75.0 Å². The van der Waals surface area contributed by atoms with E-state index in [4.69, 9.17) is 0 Å². The number of hydrogen-bond acceptors (Lipinski definition) is 3. The normalized spacial score (nSPS) is 24.7. The number of Topliss-reactive ketones (excluding diaryl/α,β-unsaturated/α-hetero) is 2. The van der Waals surface area contributed by atoms with Crippen LogP contribution in [0.2, 0.25) is 0 Å². The van der Waals surface area contributed by atoms with Gasteiger partial charge in [-0.1, -0.05) is 106 Å². The van der Waals surface area contributed by atoms with E-state index in [-0.39, 0.29) is 17.0 Å². The molecule has 0 saturated carbocycles. The molecule has 1 aromatic rings. The van der Waals surface area contributed by atoms with Crippen molar-refractivity contribution >= 4 is 22.7 Å². The highest BCUT2D eigenvalue weighted by Crippen LogP contribution is 2.51. The van der Waals surface area contributed by atoms with Crippen LogP contribution in [0.5, 0.6) is 0 Å². The Morgan fingerprint density at radius 1 is 1.04 bits per heavy atom. The summed E-state index contributed by atoms with van der Waals surface area (Å²) in [5, 5.41) is 0. The largest absolute Gasteiger partial charge is 0.303 e. The Morgan fingerprint density at radius 3 is 2.46 bits per heavy atom. The zero-order valence-corrected chi connectivity index (χ0v) is 29.4. The van der Waals surface area contributed by atoms with Gasteiger partial charge >= 0.3 is 0 Å². The number of piperidine rings is 1. The van der Waals surface area contributed by atoms with Crippen molar-refractivity contribution in [1.82, 2.24) is 4.90 Å².